The summed E-state index contributed by atoms with van der Waals surface area (Å²) in [6.45, 7) is 15.5. The second-order valence-corrected chi connectivity index (χ2v) is 11.7. The number of nitrogens with zero attached hydrogens (tertiary/aromatic N) is 4. The summed E-state index contributed by atoms with van der Waals surface area (Å²) in [5.41, 5.74) is 1.44. The van der Waals surface area contributed by atoms with E-state index in [0.717, 1.165) is 24.3 Å². The van der Waals surface area contributed by atoms with E-state index in [9.17, 15) is 45.6 Å². The van der Waals surface area contributed by atoms with E-state index in [0.29, 0.717) is 67.8 Å². The Morgan fingerprint density at radius 1 is 0.462 bits per heavy atom. The van der Waals surface area contributed by atoms with Gasteiger partial charge in [0.2, 0.25) is 0 Å². The molecule has 0 fully saturated rings. The van der Waals surface area contributed by atoms with Crippen LogP contribution in [0.3, 0.4) is 0 Å². The Balaban J connectivity index is 1.42. The molecule has 0 bridgehead atoms. The molecule has 0 spiro atoms. The van der Waals surface area contributed by atoms with E-state index in [-0.39, 0.29) is 33.7 Å². The highest BCUT2D eigenvalue weighted by molar-refractivity contribution is 6.11. The van der Waals surface area contributed by atoms with Gasteiger partial charge in [0.1, 0.15) is 11.6 Å². The van der Waals surface area contributed by atoms with Gasteiger partial charge in [-0.25, -0.2) is 29.0 Å². The zero-order valence-corrected chi connectivity index (χ0v) is 25.9. The van der Waals surface area contributed by atoms with Crippen LogP contribution in [0.2, 0.25) is 0 Å². The molecule has 0 radical (unpaired) electrons. The molecular weight excluding hydrogens is 688 g/mol. The van der Waals surface area contributed by atoms with Crippen LogP contribution in [0, 0.1) is 47.4 Å². The van der Waals surface area contributed by atoms with Crippen LogP contribution < -0.4 is 0 Å². The molecule has 0 heterocycles. The summed E-state index contributed by atoms with van der Waals surface area (Å²) < 4.78 is 108. The monoisotopic (exact) mass is 702 g/mol. The lowest BCUT2D eigenvalue weighted by Gasteiger charge is -2.11. The molecule has 4 nitrogen and oxygen atoms in total. The zero-order chi connectivity index (χ0) is 37.3. The van der Waals surface area contributed by atoms with E-state index in [4.69, 9.17) is 13.1 Å². The number of halogens is 8. The predicted octanol–water partition coefficient (Wildman–Crippen LogP) is 11.7. The molecule has 0 N–H and O–H groups in total. The van der Waals surface area contributed by atoms with E-state index >= 15 is 0 Å². The number of rotatable bonds is 2. The lowest BCUT2D eigenvalue weighted by Crippen LogP contribution is -2.07. The first-order valence-corrected chi connectivity index (χ1v) is 15.0. The minimum atomic E-state index is -4.90. The van der Waals surface area contributed by atoms with Crippen LogP contribution in [0.15, 0.2) is 96.3 Å². The molecule has 2 aliphatic rings. The number of nitriles is 2. The number of alkyl halides is 6. The molecule has 12 heteroatoms. The van der Waals surface area contributed by atoms with E-state index in [1.165, 1.54) is 0 Å². The minimum absolute atomic E-state index is 0.117. The van der Waals surface area contributed by atoms with Gasteiger partial charge >= 0.3 is 12.4 Å². The van der Waals surface area contributed by atoms with Gasteiger partial charge in [-0.1, -0.05) is 36.4 Å². The average Bonchev–Trinajstić information content (AvgIpc) is 3.58. The van der Waals surface area contributed by atoms with Crippen LogP contribution in [-0.4, -0.2) is 0 Å². The van der Waals surface area contributed by atoms with Gasteiger partial charge in [-0.15, -0.1) is 0 Å². The lowest BCUT2D eigenvalue weighted by molar-refractivity contribution is -0.140. The van der Waals surface area contributed by atoms with Crippen molar-refractivity contribution in [2.24, 2.45) is 0 Å². The van der Waals surface area contributed by atoms with Crippen LogP contribution >= 0.6 is 0 Å². The first-order valence-electron chi connectivity index (χ1n) is 15.0. The molecule has 2 aliphatic carbocycles. The minimum Gasteiger partial charge on any atom is -0.226 e. The Bertz CT molecular complexity index is 2450. The first kappa shape index (κ1) is 33.5. The Labute approximate surface area is 289 Å². The van der Waals surface area contributed by atoms with E-state index < -0.39 is 35.1 Å². The van der Waals surface area contributed by atoms with Gasteiger partial charge in [-0.05, 0) is 115 Å². The molecule has 0 saturated carbocycles. The number of fused-ring (bicyclic) bond motifs is 6. The molecule has 0 aliphatic heterocycles. The largest absolute Gasteiger partial charge is 0.419 e. The number of allylic oxidation sites excluding steroid dienone is 2. The summed E-state index contributed by atoms with van der Waals surface area (Å²) in [4.78, 5) is 6.83. The molecule has 0 amide bonds. The van der Waals surface area contributed by atoms with Crippen molar-refractivity contribution in [2.75, 3.05) is 0 Å². The van der Waals surface area contributed by atoms with Crippen LogP contribution in [0.1, 0.15) is 33.4 Å². The van der Waals surface area contributed by atoms with Crippen LogP contribution in [0.5, 0.6) is 0 Å². The van der Waals surface area contributed by atoms with Gasteiger partial charge in [0.15, 0.2) is 0 Å². The SMILES string of the molecule is [C-]#[N+]/C(C#N)=C1/c2cc(-c3ccc(C(F)(F)F)c(F)c3)ccc2-c2cc3c(cc21)-c1ccc(-c2ccc(C(F)(F)F)c(F)c2)cc1/C3=C(/C#N)[N+]#[C-]. The topological polar surface area (TPSA) is 56.3 Å². The molecule has 5 aromatic rings. The highest BCUT2D eigenvalue weighted by atomic mass is 19.4. The lowest BCUT2D eigenvalue weighted by atomic mass is 9.95. The Hall–Kier alpha value is -7.02. The predicted molar refractivity (Wildman–Crippen MR) is 175 cm³/mol. The maximum absolute atomic E-state index is 14.5. The van der Waals surface area contributed by atoms with Gasteiger partial charge in [-0.3, -0.25) is 0 Å². The first-order chi connectivity index (χ1) is 24.7. The summed E-state index contributed by atoms with van der Waals surface area (Å²) in [6, 6.07) is 21.5. The van der Waals surface area contributed by atoms with Gasteiger partial charge in [0.25, 0.3) is 11.4 Å². The fourth-order valence-electron chi connectivity index (χ4n) is 6.71. The number of hydrogen-bond acceptors (Lipinski definition) is 2. The van der Waals surface area contributed by atoms with Crippen molar-refractivity contribution in [3.8, 4) is 56.6 Å². The molecule has 0 saturated heterocycles. The molecular formula is C40H14F8N4. The van der Waals surface area contributed by atoms with Crippen LogP contribution in [0.25, 0.3) is 65.3 Å². The Morgan fingerprint density at radius 3 is 1.10 bits per heavy atom. The Morgan fingerprint density at radius 2 is 0.788 bits per heavy atom. The quantitative estimate of drug-likeness (QED) is 0.102. The average molecular weight is 703 g/mol. The van der Waals surface area contributed by atoms with Gasteiger partial charge in [0.05, 0.1) is 36.4 Å². The Kier molecular flexibility index (Phi) is 7.60. The maximum atomic E-state index is 14.5. The molecule has 0 unspecified atom stereocenters. The van der Waals surface area contributed by atoms with Crippen molar-refractivity contribution in [2.45, 2.75) is 12.4 Å². The fourth-order valence-corrected chi connectivity index (χ4v) is 6.71. The third kappa shape index (κ3) is 5.18. The highest BCUT2D eigenvalue weighted by Gasteiger charge is 2.36. The second-order valence-electron chi connectivity index (χ2n) is 11.7. The van der Waals surface area contributed by atoms with Gasteiger partial charge in [0, 0.05) is 11.1 Å². The molecule has 250 valence electrons. The smallest absolute Gasteiger partial charge is 0.226 e. The summed E-state index contributed by atoms with van der Waals surface area (Å²) in [5, 5.41) is 19.9. The van der Waals surface area contributed by atoms with Crippen molar-refractivity contribution < 1.29 is 35.1 Å². The number of hydrogen-bond donors (Lipinski definition) is 0. The van der Waals surface area contributed by atoms with E-state index in [1.54, 1.807) is 48.5 Å². The van der Waals surface area contributed by atoms with E-state index in [1.807, 2.05) is 12.1 Å². The highest BCUT2D eigenvalue weighted by Crippen LogP contribution is 2.54. The summed E-state index contributed by atoms with van der Waals surface area (Å²) >= 11 is 0. The van der Waals surface area contributed by atoms with Crippen molar-refractivity contribution in [1.82, 2.24) is 0 Å². The standard InChI is InChI=1S/C40H14F8N4/c1-51-35(17-49)37-27-11-19(21-5-9-31(33(41)13-21)39(43,44)45)3-7-23(27)25-16-30-26(15-29(25)37)24-8-4-20(12-28(24)38(30)36(18-50)52-2)22-6-10-32(34(42)14-22)40(46,47)48/h3-16H/b37-35-,38-36+. The second kappa shape index (κ2) is 11.8. The van der Waals surface area contributed by atoms with Crippen molar-refractivity contribution in [3.63, 3.8) is 0 Å². The number of benzene rings is 5. The molecule has 0 atom stereocenters. The summed E-state index contributed by atoms with van der Waals surface area (Å²) in [7, 11) is 0. The maximum Gasteiger partial charge on any atom is 0.419 e. The van der Waals surface area contributed by atoms with Gasteiger partial charge in [-0.2, -0.15) is 26.3 Å². The summed E-state index contributed by atoms with van der Waals surface area (Å²) in [5.74, 6) is -2.95. The molecule has 5 aromatic carbocycles. The van der Waals surface area contributed by atoms with Crippen molar-refractivity contribution in [1.29, 1.82) is 10.5 Å². The van der Waals surface area contributed by atoms with E-state index in [2.05, 4.69) is 9.69 Å². The van der Waals surface area contributed by atoms with Crippen molar-refractivity contribution >= 4 is 11.1 Å². The normalized spacial score (nSPS) is 14.5. The van der Waals surface area contributed by atoms with Crippen LogP contribution in [-0.2, 0) is 12.4 Å². The molecule has 7 rings (SSSR count). The van der Waals surface area contributed by atoms with Crippen molar-refractivity contribution in [3.05, 3.63) is 164 Å². The molecule has 52 heavy (non-hydrogen) atoms. The third-order valence-corrected chi connectivity index (χ3v) is 8.98. The molecule has 0 aromatic heterocycles. The van der Waals surface area contributed by atoms with Crippen LogP contribution in [0.4, 0.5) is 35.1 Å². The third-order valence-electron chi connectivity index (χ3n) is 8.98. The van der Waals surface area contributed by atoms with Gasteiger partial charge < -0.3 is 0 Å². The zero-order valence-electron chi connectivity index (χ0n) is 25.9. The fraction of sp³-hybridized carbons (Fsp3) is 0.0500. The summed E-state index contributed by atoms with van der Waals surface area (Å²) in [6.07, 6.45) is -9.80.